The van der Waals surface area contributed by atoms with Gasteiger partial charge in [0, 0.05) is 20.1 Å². The number of benzene rings is 1. The van der Waals surface area contributed by atoms with E-state index in [4.69, 9.17) is 4.74 Å². The van der Waals surface area contributed by atoms with Crippen LogP contribution in [0, 0.1) is 0 Å². The zero-order valence-electron chi connectivity index (χ0n) is 15.7. The second-order valence-electron chi connectivity index (χ2n) is 5.86. The molecule has 1 atom stereocenters. The third-order valence-corrected chi connectivity index (χ3v) is 4.60. The number of rotatable bonds is 9. The highest BCUT2D eigenvalue weighted by atomic mass is 32.1. The van der Waals surface area contributed by atoms with Crippen molar-refractivity contribution in [1.82, 2.24) is 10.6 Å². The van der Waals surface area contributed by atoms with Crippen molar-refractivity contribution in [2.75, 3.05) is 20.2 Å². The molecule has 2 N–H and O–H groups in total. The Morgan fingerprint density at radius 2 is 2.04 bits per heavy atom. The molecule has 0 saturated heterocycles. The van der Waals surface area contributed by atoms with Gasteiger partial charge in [0.2, 0.25) is 0 Å². The van der Waals surface area contributed by atoms with Crippen LogP contribution in [0.15, 0.2) is 40.0 Å². The fourth-order valence-corrected chi connectivity index (χ4v) is 3.24. The van der Waals surface area contributed by atoms with Crippen LogP contribution in [0.1, 0.15) is 30.9 Å². The quantitative estimate of drug-likeness (QED) is 0.491. The van der Waals surface area contributed by atoms with Gasteiger partial charge in [-0.15, -0.1) is 0 Å². The van der Waals surface area contributed by atoms with Crippen molar-refractivity contribution in [3.05, 3.63) is 46.2 Å². The molecule has 0 aliphatic carbocycles. The predicted molar refractivity (Wildman–Crippen MR) is 105 cm³/mol. The second kappa shape index (κ2) is 10.7. The van der Waals surface area contributed by atoms with Crippen LogP contribution in [0.25, 0.3) is 0 Å². The molecule has 0 aliphatic rings. The summed E-state index contributed by atoms with van der Waals surface area (Å²) >= 11 is 1.68. The molecule has 1 heterocycles. The third kappa shape index (κ3) is 6.71. The largest absolute Gasteiger partial charge is 0.490 e. The van der Waals surface area contributed by atoms with Crippen LogP contribution in [0.5, 0.6) is 11.5 Å². The number of aliphatic imine (C=N–C) groups is 1. The van der Waals surface area contributed by atoms with E-state index in [9.17, 15) is 8.78 Å². The van der Waals surface area contributed by atoms with Gasteiger partial charge < -0.3 is 20.1 Å². The Balaban J connectivity index is 1.92. The summed E-state index contributed by atoms with van der Waals surface area (Å²) in [7, 11) is 1.70. The van der Waals surface area contributed by atoms with E-state index in [1.165, 1.54) is 11.6 Å². The highest BCUT2D eigenvalue weighted by Crippen LogP contribution is 2.29. The molecule has 27 heavy (non-hydrogen) atoms. The Morgan fingerprint density at radius 3 is 2.67 bits per heavy atom. The fourth-order valence-electron chi connectivity index (χ4n) is 2.45. The molecule has 5 nitrogen and oxygen atoms in total. The van der Waals surface area contributed by atoms with Crippen LogP contribution >= 0.6 is 11.3 Å². The molecular weight excluding hydrogens is 372 g/mol. The van der Waals surface area contributed by atoms with E-state index in [0.717, 1.165) is 12.1 Å². The van der Waals surface area contributed by atoms with Gasteiger partial charge in [-0.3, -0.25) is 4.99 Å². The summed E-state index contributed by atoms with van der Waals surface area (Å²) in [6.45, 7) is 2.64. The van der Waals surface area contributed by atoms with E-state index in [1.807, 2.05) is 0 Å². The first kappa shape index (κ1) is 21.0. The van der Waals surface area contributed by atoms with Crippen LogP contribution in [-0.4, -0.2) is 32.8 Å². The van der Waals surface area contributed by atoms with Gasteiger partial charge in [-0.1, -0.05) is 13.0 Å². The third-order valence-electron chi connectivity index (χ3n) is 3.90. The van der Waals surface area contributed by atoms with Gasteiger partial charge in [-0.05, 0) is 52.9 Å². The van der Waals surface area contributed by atoms with Gasteiger partial charge in [0.05, 0.1) is 6.61 Å². The summed E-state index contributed by atoms with van der Waals surface area (Å²) in [4.78, 5) is 4.21. The summed E-state index contributed by atoms with van der Waals surface area (Å²) in [6, 6.07) is 7.01. The van der Waals surface area contributed by atoms with Gasteiger partial charge >= 0.3 is 6.61 Å². The number of hydrogen-bond donors (Lipinski definition) is 2. The first-order valence-electron chi connectivity index (χ1n) is 8.70. The lowest BCUT2D eigenvalue weighted by molar-refractivity contribution is -0.0514. The highest BCUT2D eigenvalue weighted by Gasteiger charge is 2.12. The van der Waals surface area contributed by atoms with Crippen LogP contribution in [-0.2, 0) is 6.54 Å². The molecular formula is C19H25F2N3O2S. The van der Waals surface area contributed by atoms with Crippen molar-refractivity contribution in [1.29, 1.82) is 0 Å². The SMILES string of the molecule is CCOc1cc(CNC(=NC)NCC(C)c2ccsc2)ccc1OC(F)F. The maximum absolute atomic E-state index is 12.5. The van der Waals surface area contributed by atoms with E-state index in [2.05, 4.69) is 44.1 Å². The number of guanidine groups is 1. The van der Waals surface area contributed by atoms with Gasteiger partial charge in [-0.2, -0.15) is 20.1 Å². The minimum Gasteiger partial charge on any atom is -0.490 e. The number of halogens is 2. The van der Waals surface area contributed by atoms with Crippen LogP contribution in [0.4, 0.5) is 8.78 Å². The molecule has 0 fully saturated rings. The lowest BCUT2D eigenvalue weighted by Gasteiger charge is -2.16. The van der Waals surface area contributed by atoms with Gasteiger partial charge in [0.15, 0.2) is 17.5 Å². The lowest BCUT2D eigenvalue weighted by atomic mass is 10.1. The first-order chi connectivity index (χ1) is 13.0. The standard InChI is InChI=1S/C19H25F2N3O2S/c1-4-25-17-9-14(5-6-16(17)26-18(20)21)11-24-19(22-3)23-10-13(2)15-7-8-27-12-15/h5-9,12-13,18H,4,10-11H2,1-3H3,(H2,22,23,24). The number of nitrogens with zero attached hydrogens (tertiary/aromatic N) is 1. The van der Waals surface area contributed by atoms with E-state index >= 15 is 0 Å². The molecule has 0 radical (unpaired) electrons. The monoisotopic (exact) mass is 397 g/mol. The lowest BCUT2D eigenvalue weighted by Crippen LogP contribution is -2.38. The van der Waals surface area contributed by atoms with Gasteiger partial charge in [-0.25, -0.2) is 0 Å². The molecule has 2 aromatic rings. The normalized spacial score (nSPS) is 12.7. The van der Waals surface area contributed by atoms with E-state index < -0.39 is 6.61 Å². The summed E-state index contributed by atoms with van der Waals surface area (Å²) < 4.78 is 34.8. The molecule has 0 saturated carbocycles. The fraction of sp³-hybridized carbons (Fsp3) is 0.421. The average molecular weight is 397 g/mol. The summed E-state index contributed by atoms with van der Waals surface area (Å²) in [5.41, 5.74) is 2.16. The number of hydrogen-bond acceptors (Lipinski definition) is 4. The molecule has 148 valence electrons. The van der Waals surface area contributed by atoms with E-state index in [1.54, 1.807) is 37.4 Å². The molecule has 0 bridgehead atoms. The van der Waals surface area contributed by atoms with Crippen molar-refractivity contribution in [3.63, 3.8) is 0 Å². The summed E-state index contributed by atoms with van der Waals surface area (Å²) in [5.74, 6) is 1.36. The minimum atomic E-state index is -2.89. The Hall–Kier alpha value is -2.35. The van der Waals surface area contributed by atoms with E-state index in [0.29, 0.717) is 30.8 Å². The van der Waals surface area contributed by atoms with E-state index in [-0.39, 0.29) is 5.75 Å². The Bertz CT molecular complexity index is 724. The summed E-state index contributed by atoms with van der Waals surface area (Å²) in [5, 5.41) is 10.7. The molecule has 0 spiro atoms. The number of nitrogens with one attached hydrogen (secondary N) is 2. The van der Waals surface area contributed by atoms with Crippen molar-refractivity contribution in [3.8, 4) is 11.5 Å². The van der Waals surface area contributed by atoms with Crippen molar-refractivity contribution in [2.45, 2.75) is 32.9 Å². The zero-order chi connectivity index (χ0) is 19.6. The Kier molecular flexibility index (Phi) is 8.32. The van der Waals surface area contributed by atoms with Crippen LogP contribution in [0.2, 0.25) is 0 Å². The predicted octanol–water partition coefficient (Wildman–Crippen LogP) is 4.22. The smallest absolute Gasteiger partial charge is 0.387 e. The zero-order valence-corrected chi connectivity index (χ0v) is 16.5. The van der Waals surface area contributed by atoms with Crippen LogP contribution < -0.4 is 20.1 Å². The molecule has 1 aromatic heterocycles. The first-order valence-corrected chi connectivity index (χ1v) is 9.64. The number of ether oxygens (including phenoxy) is 2. The average Bonchev–Trinajstić information content (AvgIpc) is 3.18. The Morgan fingerprint density at radius 1 is 1.22 bits per heavy atom. The van der Waals surface area contributed by atoms with Gasteiger partial charge in [0.25, 0.3) is 0 Å². The maximum Gasteiger partial charge on any atom is 0.387 e. The number of thiophene rings is 1. The number of alkyl halides is 2. The second-order valence-corrected chi connectivity index (χ2v) is 6.64. The minimum absolute atomic E-state index is 0.0303. The van der Waals surface area contributed by atoms with Crippen molar-refractivity contribution >= 4 is 17.3 Å². The molecule has 0 aliphatic heterocycles. The topological polar surface area (TPSA) is 54.9 Å². The molecule has 8 heteroatoms. The molecule has 0 amide bonds. The Labute approximate surface area is 162 Å². The molecule has 1 unspecified atom stereocenters. The van der Waals surface area contributed by atoms with Gasteiger partial charge in [0.1, 0.15) is 0 Å². The maximum atomic E-state index is 12.5. The summed E-state index contributed by atoms with van der Waals surface area (Å²) in [6.07, 6.45) is 0. The highest BCUT2D eigenvalue weighted by molar-refractivity contribution is 7.07. The molecule has 2 rings (SSSR count). The van der Waals surface area contributed by atoms with Crippen LogP contribution in [0.3, 0.4) is 0 Å². The van der Waals surface area contributed by atoms with Crippen molar-refractivity contribution in [2.24, 2.45) is 4.99 Å². The molecule has 1 aromatic carbocycles. The van der Waals surface area contributed by atoms with Crippen molar-refractivity contribution < 1.29 is 18.3 Å².